The van der Waals surface area contributed by atoms with E-state index in [4.69, 9.17) is 4.74 Å². The number of hydrogen-bond acceptors (Lipinski definition) is 2. The van der Waals surface area contributed by atoms with Crippen LogP contribution >= 0.6 is 0 Å². The average molecular weight is 380 g/mol. The van der Waals surface area contributed by atoms with E-state index < -0.39 is 11.0 Å². The molecule has 1 amide bonds. The van der Waals surface area contributed by atoms with Crippen LogP contribution in [0.1, 0.15) is 58.6 Å². The van der Waals surface area contributed by atoms with Crippen LogP contribution in [0.3, 0.4) is 0 Å². The van der Waals surface area contributed by atoms with Crippen molar-refractivity contribution in [1.82, 2.24) is 4.90 Å². The molecule has 2 fully saturated rings. The maximum Gasteiger partial charge on any atom is 0.237 e. The van der Waals surface area contributed by atoms with Crippen molar-refractivity contribution >= 4 is 12.0 Å². The molecule has 1 heterocycles. The molecular weight excluding hydrogens is 346 g/mol. The van der Waals surface area contributed by atoms with E-state index in [9.17, 15) is 4.79 Å². The molecule has 1 aliphatic heterocycles. The third kappa shape index (κ3) is 2.23. The molecule has 0 aromatic heterocycles. The second-order valence-corrected chi connectivity index (χ2v) is 9.34. The monoisotopic (exact) mass is 379 g/mol. The number of ether oxygens (including phenoxy) is 1. The zero-order valence-corrected chi connectivity index (χ0v) is 17.9. The van der Waals surface area contributed by atoms with E-state index in [-0.39, 0.29) is 17.2 Å². The number of benzene rings is 1. The molecule has 0 spiro atoms. The molecule has 3 heteroatoms. The molecule has 3 aliphatic rings. The lowest BCUT2D eigenvalue weighted by Gasteiger charge is -2.72. The van der Waals surface area contributed by atoms with E-state index in [0.29, 0.717) is 6.61 Å². The SMILES string of the molecule is CCO[C@@]12C=Cc3ccccc3[C@]1(C(=O)N1CCCC1)C(C)(C)[C@@H]2C=C(C)C. The highest BCUT2D eigenvalue weighted by molar-refractivity contribution is 5.97. The van der Waals surface area contributed by atoms with Gasteiger partial charge < -0.3 is 9.64 Å². The van der Waals surface area contributed by atoms with Crippen LogP contribution in [0.5, 0.6) is 0 Å². The summed E-state index contributed by atoms with van der Waals surface area (Å²) in [7, 11) is 0. The Morgan fingerprint density at radius 3 is 2.54 bits per heavy atom. The van der Waals surface area contributed by atoms with Gasteiger partial charge in [0.05, 0.1) is 0 Å². The van der Waals surface area contributed by atoms with Gasteiger partial charge in [0, 0.05) is 25.6 Å². The van der Waals surface area contributed by atoms with E-state index in [2.05, 4.69) is 75.1 Å². The number of rotatable bonds is 4. The fourth-order valence-corrected chi connectivity index (χ4v) is 6.28. The maximum atomic E-state index is 14.3. The van der Waals surface area contributed by atoms with Crippen LogP contribution in [0.15, 0.2) is 42.0 Å². The molecule has 0 bridgehead atoms. The first-order valence-corrected chi connectivity index (χ1v) is 10.7. The molecule has 3 nitrogen and oxygen atoms in total. The number of nitrogens with zero attached hydrogens (tertiary/aromatic N) is 1. The molecular formula is C25H33NO2. The molecule has 3 atom stereocenters. The van der Waals surface area contributed by atoms with Gasteiger partial charge in [0.2, 0.25) is 5.91 Å². The molecule has 1 saturated heterocycles. The fourth-order valence-electron chi connectivity index (χ4n) is 6.28. The van der Waals surface area contributed by atoms with E-state index in [0.717, 1.165) is 37.1 Å². The number of fused-ring (bicyclic) bond motifs is 3. The topological polar surface area (TPSA) is 29.5 Å². The Labute approximate surface area is 169 Å². The van der Waals surface area contributed by atoms with Crippen molar-refractivity contribution in [2.75, 3.05) is 19.7 Å². The fraction of sp³-hybridized carbons (Fsp3) is 0.560. The van der Waals surface area contributed by atoms with Crippen molar-refractivity contribution < 1.29 is 9.53 Å². The van der Waals surface area contributed by atoms with Crippen LogP contribution < -0.4 is 0 Å². The number of hydrogen-bond donors (Lipinski definition) is 0. The Morgan fingerprint density at radius 1 is 1.21 bits per heavy atom. The second kappa shape index (κ2) is 6.59. The highest BCUT2D eigenvalue weighted by atomic mass is 16.5. The Balaban J connectivity index is 2.00. The van der Waals surface area contributed by atoms with E-state index in [1.54, 1.807) is 0 Å². The first-order valence-electron chi connectivity index (χ1n) is 10.7. The highest BCUT2D eigenvalue weighted by Crippen LogP contribution is 2.72. The third-order valence-corrected chi connectivity index (χ3v) is 7.26. The molecule has 150 valence electrons. The first kappa shape index (κ1) is 19.4. The summed E-state index contributed by atoms with van der Waals surface area (Å²) in [6.45, 7) is 13.1. The molecule has 2 aliphatic carbocycles. The van der Waals surface area contributed by atoms with E-state index in [1.165, 1.54) is 5.57 Å². The first-order chi connectivity index (χ1) is 13.3. The summed E-state index contributed by atoms with van der Waals surface area (Å²) in [4.78, 5) is 16.4. The Hall–Kier alpha value is -1.87. The lowest BCUT2D eigenvalue weighted by molar-refractivity contribution is -0.241. The van der Waals surface area contributed by atoms with Gasteiger partial charge in [-0.3, -0.25) is 4.79 Å². The molecule has 0 radical (unpaired) electrons. The largest absolute Gasteiger partial charge is 0.369 e. The molecule has 28 heavy (non-hydrogen) atoms. The number of carbonyl (C=O) groups is 1. The average Bonchev–Trinajstić information content (AvgIpc) is 3.20. The smallest absolute Gasteiger partial charge is 0.237 e. The number of amides is 1. The minimum Gasteiger partial charge on any atom is -0.369 e. The maximum absolute atomic E-state index is 14.3. The van der Waals surface area contributed by atoms with Crippen molar-refractivity contribution in [3.63, 3.8) is 0 Å². The van der Waals surface area contributed by atoms with Crippen molar-refractivity contribution in [1.29, 1.82) is 0 Å². The number of allylic oxidation sites excluding steroid dienone is 1. The quantitative estimate of drug-likeness (QED) is 0.691. The molecule has 1 aromatic carbocycles. The van der Waals surface area contributed by atoms with Crippen molar-refractivity contribution in [2.24, 2.45) is 11.3 Å². The zero-order chi connectivity index (χ0) is 20.2. The Kier molecular flexibility index (Phi) is 4.58. The van der Waals surface area contributed by atoms with Crippen LogP contribution in [-0.4, -0.2) is 36.1 Å². The highest BCUT2D eigenvalue weighted by Gasteiger charge is 2.80. The van der Waals surface area contributed by atoms with Gasteiger partial charge >= 0.3 is 0 Å². The van der Waals surface area contributed by atoms with E-state index >= 15 is 0 Å². The standard InChI is InChI=1S/C25H33NO2/c1-6-28-24-14-13-19-11-7-8-12-20(19)25(24,22(27)26-15-9-10-16-26)23(4,5)21(24)17-18(2)3/h7-8,11-14,17,21H,6,9-10,15-16H2,1-5H3/t21-,24+,25-/m0/s1. The predicted octanol–water partition coefficient (Wildman–Crippen LogP) is 4.97. The van der Waals surface area contributed by atoms with Gasteiger partial charge in [-0.05, 0) is 50.2 Å². The lowest BCUT2D eigenvalue weighted by Crippen LogP contribution is -2.82. The van der Waals surface area contributed by atoms with Gasteiger partial charge in [0.25, 0.3) is 0 Å². The van der Waals surface area contributed by atoms with Gasteiger partial charge in [0.1, 0.15) is 11.0 Å². The van der Waals surface area contributed by atoms with Gasteiger partial charge in [0.15, 0.2) is 0 Å². The summed E-state index contributed by atoms with van der Waals surface area (Å²) in [5.41, 5.74) is 1.98. The summed E-state index contributed by atoms with van der Waals surface area (Å²) in [6.07, 6.45) is 8.88. The van der Waals surface area contributed by atoms with Gasteiger partial charge in [-0.25, -0.2) is 0 Å². The van der Waals surface area contributed by atoms with E-state index in [1.807, 2.05) is 6.92 Å². The molecule has 0 unspecified atom stereocenters. The summed E-state index contributed by atoms with van der Waals surface area (Å²) in [5.74, 6) is 0.403. The van der Waals surface area contributed by atoms with Crippen LogP contribution in [0, 0.1) is 11.3 Å². The Morgan fingerprint density at radius 2 is 1.89 bits per heavy atom. The van der Waals surface area contributed by atoms with Gasteiger partial charge in [-0.1, -0.05) is 61.9 Å². The van der Waals surface area contributed by atoms with Crippen LogP contribution in [0.2, 0.25) is 0 Å². The number of carbonyl (C=O) groups excluding carboxylic acids is 1. The van der Waals surface area contributed by atoms with Crippen molar-refractivity contribution in [3.05, 3.63) is 53.1 Å². The molecule has 4 rings (SSSR count). The predicted molar refractivity (Wildman–Crippen MR) is 114 cm³/mol. The summed E-state index contributed by atoms with van der Waals surface area (Å²) >= 11 is 0. The van der Waals surface area contributed by atoms with Crippen LogP contribution in [0.4, 0.5) is 0 Å². The van der Waals surface area contributed by atoms with Gasteiger partial charge in [-0.15, -0.1) is 0 Å². The normalized spacial score (nSPS) is 32.3. The van der Waals surface area contributed by atoms with Crippen molar-refractivity contribution in [2.45, 2.75) is 58.5 Å². The minimum absolute atomic E-state index is 0.154. The number of likely N-dealkylation sites (tertiary alicyclic amines) is 1. The van der Waals surface area contributed by atoms with Crippen LogP contribution in [0.25, 0.3) is 6.08 Å². The van der Waals surface area contributed by atoms with Crippen LogP contribution in [-0.2, 0) is 14.9 Å². The summed E-state index contributed by atoms with van der Waals surface area (Å²) in [6, 6.07) is 8.41. The lowest BCUT2D eigenvalue weighted by atomic mass is 9.33. The zero-order valence-electron chi connectivity index (χ0n) is 17.9. The third-order valence-electron chi connectivity index (χ3n) is 7.26. The summed E-state index contributed by atoms with van der Waals surface area (Å²) < 4.78 is 6.58. The minimum atomic E-state index is -0.692. The second-order valence-electron chi connectivity index (χ2n) is 9.34. The Bertz CT molecular complexity index is 842. The molecule has 0 N–H and O–H groups in total. The molecule has 1 aromatic rings. The molecule has 1 saturated carbocycles. The summed E-state index contributed by atoms with van der Waals surface area (Å²) in [5, 5.41) is 0. The van der Waals surface area contributed by atoms with Gasteiger partial charge in [-0.2, -0.15) is 0 Å². The van der Waals surface area contributed by atoms with Crippen molar-refractivity contribution in [3.8, 4) is 0 Å².